The first-order valence-corrected chi connectivity index (χ1v) is 9.64. The second kappa shape index (κ2) is 8.29. The quantitative estimate of drug-likeness (QED) is 0.663. The standard InChI is InChI=1S/C24H22N2O4/c1-25(2)24(28)22-16-26(20-13-6-7-14-21(20)30-22)23(27)17-9-8-12-19(15-17)29-18-10-4-3-5-11-18/h3-15,22H,16H2,1-2H3/t22-/m0/s1. The minimum Gasteiger partial charge on any atom is -0.476 e. The van der Waals surface area contributed by atoms with Gasteiger partial charge in [0.05, 0.1) is 12.2 Å². The Morgan fingerprint density at radius 1 is 0.933 bits per heavy atom. The van der Waals surface area contributed by atoms with Crippen molar-refractivity contribution in [3.05, 3.63) is 84.4 Å². The van der Waals surface area contributed by atoms with Crippen LogP contribution in [-0.2, 0) is 4.79 Å². The van der Waals surface area contributed by atoms with E-state index in [1.165, 1.54) is 4.90 Å². The number of fused-ring (bicyclic) bond motifs is 1. The van der Waals surface area contributed by atoms with Crippen LogP contribution in [0, 0.1) is 0 Å². The molecule has 0 saturated carbocycles. The van der Waals surface area contributed by atoms with Gasteiger partial charge in [-0.15, -0.1) is 0 Å². The molecule has 0 aromatic heterocycles. The van der Waals surface area contributed by atoms with Crippen LogP contribution in [0.4, 0.5) is 5.69 Å². The molecule has 2 amide bonds. The molecule has 1 aliphatic rings. The average Bonchev–Trinajstić information content (AvgIpc) is 2.78. The number of carbonyl (C=O) groups excluding carboxylic acids is 2. The summed E-state index contributed by atoms with van der Waals surface area (Å²) in [6.07, 6.45) is -0.761. The van der Waals surface area contributed by atoms with Crippen LogP contribution >= 0.6 is 0 Å². The summed E-state index contributed by atoms with van der Waals surface area (Å²) < 4.78 is 11.7. The number of amides is 2. The molecule has 3 aromatic rings. The fourth-order valence-electron chi connectivity index (χ4n) is 3.32. The van der Waals surface area contributed by atoms with Crippen molar-refractivity contribution < 1.29 is 19.1 Å². The third-order valence-electron chi connectivity index (χ3n) is 4.79. The van der Waals surface area contributed by atoms with Crippen LogP contribution in [0.15, 0.2) is 78.9 Å². The predicted octanol–water partition coefficient (Wildman–Crippen LogP) is 3.97. The van der Waals surface area contributed by atoms with Gasteiger partial charge in [0, 0.05) is 19.7 Å². The van der Waals surface area contributed by atoms with Gasteiger partial charge >= 0.3 is 0 Å². The Morgan fingerprint density at radius 2 is 1.63 bits per heavy atom. The van der Waals surface area contributed by atoms with Crippen molar-refractivity contribution in [3.63, 3.8) is 0 Å². The lowest BCUT2D eigenvalue weighted by molar-refractivity contribution is -0.135. The third-order valence-corrected chi connectivity index (χ3v) is 4.79. The van der Waals surface area contributed by atoms with Gasteiger partial charge in [-0.1, -0.05) is 36.4 Å². The zero-order valence-corrected chi connectivity index (χ0v) is 16.8. The van der Waals surface area contributed by atoms with Crippen molar-refractivity contribution in [1.29, 1.82) is 0 Å². The normalized spacial score (nSPS) is 15.0. The average molecular weight is 402 g/mol. The van der Waals surface area contributed by atoms with E-state index in [1.807, 2.05) is 48.5 Å². The van der Waals surface area contributed by atoms with Crippen molar-refractivity contribution in [2.24, 2.45) is 0 Å². The van der Waals surface area contributed by atoms with Crippen molar-refractivity contribution in [3.8, 4) is 17.2 Å². The number of nitrogens with zero attached hydrogens (tertiary/aromatic N) is 2. The summed E-state index contributed by atoms with van der Waals surface area (Å²) in [5.74, 6) is 1.35. The summed E-state index contributed by atoms with van der Waals surface area (Å²) in [4.78, 5) is 29.0. The van der Waals surface area contributed by atoms with Gasteiger partial charge < -0.3 is 19.3 Å². The number of rotatable bonds is 4. The highest BCUT2D eigenvalue weighted by molar-refractivity contribution is 6.08. The molecule has 0 saturated heterocycles. The van der Waals surface area contributed by atoms with Crippen molar-refractivity contribution in [2.45, 2.75) is 6.10 Å². The Balaban J connectivity index is 1.63. The molecule has 1 aliphatic heterocycles. The second-order valence-electron chi connectivity index (χ2n) is 7.17. The topological polar surface area (TPSA) is 59.1 Å². The van der Waals surface area contributed by atoms with E-state index in [2.05, 4.69) is 0 Å². The van der Waals surface area contributed by atoms with Crippen LogP contribution in [-0.4, -0.2) is 43.5 Å². The maximum atomic E-state index is 13.4. The van der Waals surface area contributed by atoms with Crippen LogP contribution in [0.1, 0.15) is 10.4 Å². The van der Waals surface area contributed by atoms with Crippen molar-refractivity contribution >= 4 is 17.5 Å². The van der Waals surface area contributed by atoms with Crippen molar-refractivity contribution in [1.82, 2.24) is 4.90 Å². The highest BCUT2D eigenvalue weighted by Gasteiger charge is 2.35. The molecule has 30 heavy (non-hydrogen) atoms. The first kappa shape index (κ1) is 19.5. The third kappa shape index (κ3) is 3.98. The van der Waals surface area contributed by atoms with Gasteiger partial charge in [0.25, 0.3) is 11.8 Å². The summed E-state index contributed by atoms with van der Waals surface area (Å²) in [6.45, 7) is 0.136. The molecule has 0 fully saturated rings. The van der Waals surface area contributed by atoms with Gasteiger partial charge in [0.1, 0.15) is 17.2 Å². The maximum Gasteiger partial charge on any atom is 0.265 e. The van der Waals surface area contributed by atoms with Crippen molar-refractivity contribution in [2.75, 3.05) is 25.5 Å². The Morgan fingerprint density at radius 3 is 2.40 bits per heavy atom. The number of anilines is 1. The lowest BCUT2D eigenvalue weighted by atomic mass is 10.1. The number of ether oxygens (including phenoxy) is 2. The molecule has 0 unspecified atom stereocenters. The number of para-hydroxylation sites is 3. The lowest BCUT2D eigenvalue weighted by Gasteiger charge is -2.35. The highest BCUT2D eigenvalue weighted by Crippen LogP contribution is 2.35. The monoisotopic (exact) mass is 402 g/mol. The van der Waals surface area contributed by atoms with Crippen LogP contribution in [0.5, 0.6) is 17.2 Å². The number of hydrogen-bond acceptors (Lipinski definition) is 4. The van der Waals surface area contributed by atoms with E-state index in [-0.39, 0.29) is 18.4 Å². The first-order chi connectivity index (χ1) is 14.5. The summed E-state index contributed by atoms with van der Waals surface area (Å²) >= 11 is 0. The molecule has 4 rings (SSSR count). The summed E-state index contributed by atoms with van der Waals surface area (Å²) in [6, 6.07) is 23.6. The molecule has 0 bridgehead atoms. The summed E-state index contributed by atoms with van der Waals surface area (Å²) in [5.41, 5.74) is 1.11. The van der Waals surface area contributed by atoms with Crippen LogP contribution in [0.25, 0.3) is 0 Å². The molecular formula is C24H22N2O4. The molecule has 1 heterocycles. The van der Waals surface area contributed by atoms with Gasteiger partial charge in [-0.3, -0.25) is 9.59 Å². The fourth-order valence-corrected chi connectivity index (χ4v) is 3.32. The smallest absolute Gasteiger partial charge is 0.265 e. The summed E-state index contributed by atoms with van der Waals surface area (Å²) in [5, 5.41) is 0. The predicted molar refractivity (Wildman–Crippen MR) is 114 cm³/mol. The van der Waals surface area contributed by atoms with E-state index in [4.69, 9.17) is 9.47 Å². The molecule has 0 radical (unpaired) electrons. The van der Waals surface area contributed by atoms with Gasteiger partial charge in [-0.25, -0.2) is 0 Å². The molecule has 6 heteroatoms. The van der Waals surface area contributed by atoms with Crippen LogP contribution < -0.4 is 14.4 Å². The molecule has 1 atom stereocenters. The van der Waals surface area contributed by atoms with Gasteiger partial charge in [0.15, 0.2) is 6.10 Å². The molecule has 6 nitrogen and oxygen atoms in total. The molecule has 3 aromatic carbocycles. The van der Waals surface area contributed by atoms with E-state index in [0.29, 0.717) is 28.5 Å². The Hall–Kier alpha value is -3.80. The minimum absolute atomic E-state index is 0.136. The van der Waals surface area contributed by atoms with Gasteiger partial charge in [-0.2, -0.15) is 0 Å². The largest absolute Gasteiger partial charge is 0.476 e. The van der Waals surface area contributed by atoms with Gasteiger partial charge in [0.2, 0.25) is 0 Å². The van der Waals surface area contributed by atoms with E-state index < -0.39 is 6.10 Å². The van der Waals surface area contributed by atoms with E-state index in [0.717, 1.165) is 0 Å². The zero-order valence-electron chi connectivity index (χ0n) is 16.8. The Bertz CT molecular complexity index is 1070. The molecule has 0 N–H and O–H groups in total. The number of benzene rings is 3. The Labute approximate surface area is 175 Å². The first-order valence-electron chi connectivity index (χ1n) is 9.64. The number of hydrogen-bond donors (Lipinski definition) is 0. The van der Waals surface area contributed by atoms with Crippen LogP contribution in [0.3, 0.4) is 0 Å². The molecule has 0 spiro atoms. The van der Waals surface area contributed by atoms with Crippen LogP contribution in [0.2, 0.25) is 0 Å². The summed E-state index contributed by atoms with van der Waals surface area (Å²) in [7, 11) is 3.34. The second-order valence-corrected chi connectivity index (χ2v) is 7.17. The molecule has 0 aliphatic carbocycles. The van der Waals surface area contributed by atoms with E-state index >= 15 is 0 Å². The van der Waals surface area contributed by atoms with Gasteiger partial charge in [-0.05, 0) is 42.5 Å². The fraction of sp³-hybridized carbons (Fsp3) is 0.167. The zero-order chi connectivity index (χ0) is 21.1. The van der Waals surface area contributed by atoms with E-state index in [1.54, 1.807) is 49.3 Å². The SMILES string of the molecule is CN(C)C(=O)[C@@H]1CN(C(=O)c2cccc(Oc3ccccc3)c2)c2ccccc2O1. The highest BCUT2D eigenvalue weighted by atomic mass is 16.5. The lowest BCUT2D eigenvalue weighted by Crippen LogP contribution is -2.50. The van der Waals surface area contributed by atoms with E-state index in [9.17, 15) is 9.59 Å². The molecular weight excluding hydrogens is 380 g/mol. The minimum atomic E-state index is -0.761. The Kier molecular flexibility index (Phi) is 5.39. The molecule has 152 valence electrons. The number of likely N-dealkylation sites (N-methyl/N-ethyl adjacent to an activating group) is 1. The maximum absolute atomic E-state index is 13.4. The number of carbonyl (C=O) groups is 2.